The highest BCUT2D eigenvalue weighted by atomic mass is 16.8. The Morgan fingerprint density at radius 1 is 0.673 bits per heavy atom. The number of carboxylic acids is 1. The summed E-state index contributed by atoms with van der Waals surface area (Å²) in [5.74, 6) is -3.30. The van der Waals surface area contributed by atoms with E-state index in [1.54, 1.807) is 0 Å². The largest absolute Gasteiger partial charge is 0.479 e. The molecule has 19 atom stereocenters. The van der Waals surface area contributed by atoms with Gasteiger partial charge in [-0.05, 0) is 0 Å². The van der Waals surface area contributed by atoms with E-state index in [-0.39, 0.29) is 0 Å². The van der Waals surface area contributed by atoms with Gasteiger partial charge >= 0.3 is 5.97 Å². The van der Waals surface area contributed by atoms with Crippen LogP contribution in [0.3, 0.4) is 0 Å². The summed E-state index contributed by atoms with van der Waals surface area (Å²) in [5, 5.41) is 138. The minimum atomic E-state index is -2.24. The topological polar surface area (TPSA) is 394 Å². The molecule has 0 saturated carbocycles. The average molecular weight is 765 g/mol. The highest BCUT2D eigenvalue weighted by Gasteiger charge is 2.56. The number of aliphatic hydroxyl groups excluding tert-OH is 12. The summed E-state index contributed by atoms with van der Waals surface area (Å²) in [7, 11) is 0. The van der Waals surface area contributed by atoms with Crippen LogP contribution in [0.5, 0.6) is 0 Å². The number of carbonyl (C=O) groups is 3. The van der Waals surface area contributed by atoms with Gasteiger partial charge < -0.3 is 105 Å². The fraction of sp³-hybridized carbons (Fsp3) is 0.893. The highest BCUT2D eigenvalue weighted by Crippen LogP contribution is 2.33. The molecule has 10 unspecified atom stereocenters. The van der Waals surface area contributed by atoms with Gasteiger partial charge in [-0.1, -0.05) is 0 Å². The minimum Gasteiger partial charge on any atom is -0.479 e. The first-order chi connectivity index (χ1) is 24.4. The van der Waals surface area contributed by atoms with Gasteiger partial charge in [0.05, 0.1) is 32.5 Å². The van der Waals surface area contributed by atoms with Gasteiger partial charge in [-0.25, -0.2) is 4.79 Å². The molecular weight excluding hydrogens is 716 g/mol. The van der Waals surface area contributed by atoms with E-state index in [0.717, 1.165) is 13.8 Å². The zero-order valence-electron chi connectivity index (χ0n) is 27.8. The van der Waals surface area contributed by atoms with Gasteiger partial charge in [-0.2, -0.15) is 0 Å². The Morgan fingerprint density at radius 2 is 1.23 bits per heavy atom. The van der Waals surface area contributed by atoms with E-state index >= 15 is 0 Å². The van der Waals surface area contributed by atoms with Crippen LogP contribution in [0.15, 0.2) is 0 Å². The van der Waals surface area contributed by atoms with Gasteiger partial charge in [-0.15, -0.1) is 0 Å². The standard InChI is InChI=1S/C28H48N2O22/c1-7(35)29-9(3-31)21(14(38)10(37)4-32)49-27-19(43)17(41)22(12(6-34)48-27)50-28-20(44)18(42)23(24(52-28)25(45)46)51-26-13(30-8(2)36)16(40)15(39)11(5-33)47-26/h9-24,26-28,31-34,37-44H,3-6H2,1-2H3,(H,29,35)(H,30,36)(H,45,46)/t9-,10+,11?,12+,13?,14-,15?,16?,17+,18?,19+,20?,21+,22-,23?,24?,26?,27-,28?/m0/s1. The molecule has 52 heavy (non-hydrogen) atoms. The second kappa shape index (κ2) is 19.3. The van der Waals surface area contributed by atoms with Crippen molar-refractivity contribution in [2.24, 2.45) is 0 Å². The van der Waals surface area contributed by atoms with Crippen LogP contribution in [0.4, 0.5) is 0 Å². The van der Waals surface area contributed by atoms with Crippen molar-refractivity contribution >= 4 is 17.8 Å². The van der Waals surface area contributed by atoms with Crippen molar-refractivity contribution in [3.05, 3.63) is 0 Å². The molecule has 15 N–H and O–H groups in total. The molecule has 0 radical (unpaired) electrons. The lowest BCUT2D eigenvalue weighted by Gasteiger charge is -2.48. The molecule has 0 aromatic heterocycles. The lowest BCUT2D eigenvalue weighted by molar-refractivity contribution is -0.373. The number of ether oxygens (including phenoxy) is 6. The number of aliphatic carboxylic acids is 1. The van der Waals surface area contributed by atoms with E-state index in [2.05, 4.69) is 10.6 Å². The fourth-order valence-electron chi connectivity index (χ4n) is 5.92. The summed E-state index contributed by atoms with van der Waals surface area (Å²) < 4.78 is 32.8. The molecular formula is C28H48N2O22. The molecule has 3 aliphatic rings. The normalized spacial score (nSPS) is 40.6. The number of aliphatic hydroxyl groups is 12. The van der Waals surface area contributed by atoms with Crippen LogP contribution in [0.2, 0.25) is 0 Å². The van der Waals surface area contributed by atoms with Crippen molar-refractivity contribution in [2.75, 3.05) is 26.4 Å². The van der Waals surface area contributed by atoms with Crippen LogP contribution in [0.25, 0.3) is 0 Å². The molecule has 0 spiro atoms. The molecule has 0 bridgehead atoms. The number of carbonyl (C=O) groups excluding carboxylic acids is 2. The molecule has 3 fully saturated rings. The Morgan fingerprint density at radius 3 is 1.75 bits per heavy atom. The number of carboxylic acid groups (broad SMARTS) is 1. The SMILES string of the molecule is CC(=O)NC1C(OC2C(C(=O)O)OC(O[C@@H]3[C@H](O)[C@@H](O)[C@H](O[C@@H]([C@@H](O)[C@H](O)CO)[C@H](CO)NC(C)=O)O[C@@H]3CO)C(O)C2O)OC(CO)C(O)C1O. The smallest absolute Gasteiger partial charge is 0.335 e. The quantitative estimate of drug-likeness (QED) is 0.0693. The third-order valence-corrected chi connectivity index (χ3v) is 8.63. The molecule has 3 heterocycles. The van der Waals surface area contributed by atoms with Crippen molar-refractivity contribution < 1.29 is 109 Å². The molecule has 2 amide bonds. The second-order valence-electron chi connectivity index (χ2n) is 12.4. The van der Waals surface area contributed by atoms with Gasteiger partial charge in [-0.3, -0.25) is 9.59 Å². The second-order valence-corrected chi connectivity index (χ2v) is 12.4. The maximum absolute atomic E-state index is 12.3. The van der Waals surface area contributed by atoms with Crippen LogP contribution in [0.1, 0.15) is 13.8 Å². The van der Waals surface area contributed by atoms with Crippen LogP contribution in [-0.2, 0) is 42.8 Å². The van der Waals surface area contributed by atoms with E-state index < -0.39 is 161 Å². The summed E-state index contributed by atoms with van der Waals surface area (Å²) >= 11 is 0. The van der Waals surface area contributed by atoms with Crippen molar-refractivity contribution in [1.82, 2.24) is 10.6 Å². The first-order valence-corrected chi connectivity index (χ1v) is 16.0. The van der Waals surface area contributed by atoms with Crippen LogP contribution in [0, 0.1) is 0 Å². The number of rotatable bonds is 16. The summed E-state index contributed by atoms with van der Waals surface area (Å²) in [6.07, 6.45) is -33.5. The van der Waals surface area contributed by atoms with Gasteiger partial charge in [0.25, 0.3) is 0 Å². The number of hydrogen-bond acceptors (Lipinski definition) is 21. The van der Waals surface area contributed by atoms with E-state index in [0.29, 0.717) is 0 Å². The molecule has 0 aliphatic carbocycles. The van der Waals surface area contributed by atoms with Crippen molar-refractivity contribution in [3.63, 3.8) is 0 Å². The zero-order chi connectivity index (χ0) is 39.2. The number of nitrogens with one attached hydrogen (secondary N) is 2. The predicted octanol–water partition coefficient (Wildman–Crippen LogP) is -9.73. The van der Waals surface area contributed by atoms with Gasteiger partial charge in [0, 0.05) is 13.8 Å². The van der Waals surface area contributed by atoms with Crippen LogP contribution in [-0.4, -0.2) is 227 Å². The molecule has 3 rings (SSSR count). The third-order valence-electron chi connectivity index (χ3n) is 8.63. The van der Waals surface area contributed by atoms with E-state index in [9.17, 15) is 80.8 Å². The van der Waals surface area contributed by atoms with E-state index in [4.69, 9.17) is 28.4 Å². The summed E-state index contributed by atoms with van der Waals surface area (Å²) in [6.45, 7) is -1.73. The number of hydrogen-bond donors (Lipinski definition) is 15. The van der Waals surface area contributed by atoms with Crippen LogP contribution >= 0.6 is 0 Å². The zero-order valence-corrected chi connectivity index (χ0v) is 27.8. The Hall–Kier alpha value is -2.31. The molecule has 0 aromatic rings. The van der Waals surface area contributed by atoms with Crippen molar-refractivity contribution in [1.29, 1.82) is 0 Å². The summed E-state index contributed by atoms with van der Waals surface area (Å²) in [5.41, 5.74) is 0. The first-order valence-electron chi connectivity index (χ1n) is 16.0. The number of amides is 2. The van der Waals surface area contributed by atoms with Gasteiger partial charge in [0.15, 0.2) is 25.0 Å². The average Bonchev–Trinajstić information content (AvgIpc) is 3.10. The first kappa shape index (κ1) is 44.1. The molecule has 24 heteroatoms. The van der Waals surface area contributed by atoms with E-state index in [1.165, 1.54) is 0 Å². The van der Waals surface area contributed by atoms with Crippen molar-refractivity contribution in [3.8, 4) is 0 Å². The third kappa shape index (κ3) is 10.1. The molecule has 3 aliphatic heterocycles. The maximum Gasteiger partial charge on any atom is 0.335 e. The summed E-state index contributed by atoms with van der Waals surface area (Å²) in [6, 6.07) is -3.06. The van der Waals surface area contributed by atoms with Gasteiger partial charge in [0.1, 0.15) is 85.4 Å². The maximum atomic E-state index is 12.3. The Labute approximate surface area is 294 Å². The van der Waals surface area contributed by atoms with Crippen LogP contribution < -0.4 is 10.6 Å². The lowest BCUT2D eigenvalue weighted by Crippen LogP contribution is -2.69. The fourth-order valence-corrected chi connectivity index (χ4v) is 5.92. The predicted molar refractivity (Wildman–Crippen MR) is 160 cm³/mol. The van der Waals surface area contributed by atoms with Crippen molar-refractivity contribution in [2.45, 2.75) is 130 Å². The Bertz CT molecular complexity index is 1170. The molecule has 24 nitrogen and oxygen atoms in total. The van der Waals surface area contributed by atoms with Gasteiger partial charge in [0.2, 0.25) is 11.8 Å². The minimum absolute atomic E-state index is 0.727. The lowest BCUT2D eigenvalue weighted by atomic mass is 9.95. The van der Waals surface area contributed by atoms with E-state index in [1.807, 2.05) is 0 Å². The highest BCUT2D eigenvalue weighted by molar-refractivity contribution is 5.74. The Kier molecular flexibility index (Phi) is 16.4. The summed E-state index contributed by atoms with van der Waals surface area (Å²) in [4.78, 5) is 35.7. The Balaban J connectivity index is 1.82. The molecule has 3 saturated heterocycles. The molecule has 302 valence electrons. The monoisotopic (exact) mass is 764 g/mol. The molecule has 0 aromatic carbocycles.